The highest BCUT2D eigenvalue weighted by Crippen LogP contribution is 2.37. The lowest BCUT2D eigenvalue weighted by molar-refractivity contribution is -0.131. The monoisotopic (exact) mass is 323 g/mol. The van der Waals surface area contributed by atoms with E-state index in [1.54, 1.807) is 6.92 Å². The summed E-state index contributed by atoms with van der Waals surface area (Å²) < 4.78 is 0. The molecule has 0 unspecified atom stereocenters. The molecule has 1 aromatic rings. The van der Waals surface area contributed by atoms with Crippen LogP contribution in [0.15, 0.2) is 42.0 Å². The van der Waals surface area contributed by atoms with Gasteiger partial charge in [0.1, 0.15) is 0 Å². The summed E-state index contributed by atoms with van der Waals surface area (Å²) in [5.74, 6) is -0.906. The van der Waals surface area contributed by atoms with E-state index < -0.39 is 5.97 Å². The van der Waals surface area contributed by atoms with Crippen LogP contribution < -0.4 is 4.90 Å². The van der Waals surface area contributed by atoms with Crippen molar-refractivity contribution in [2.45, 2.75) is 39.5 Å². The van der Waals surface area contributed by atoms with Crippen molar-refractivity contribution >= 4 is 17.2 Å². The number of aliphatic carboxylic acids is 1. The molecule has 0 aliphatic carbocycles. The number of nitrogens with zero attached hydrogens (tertiary/aromatic N) is 1. The van der Waals surface area contributed by atoms with Crippen molar-refractivity contribution in [3.8, 4) is 0 Å². The van der Waals surface area contributed by atoms with Gasteiger partial charge in [-0.05, 0) is 79.5 Å². The maximum atomic E-state index is 10.6. The van der Waals surface area contributed by atoms with Crippen LogP contribution in [0.3, 0.4) is 0 Å². The average molecular weight is 323 g/mol. The van der Waals surface area contributed by atoms with Crippen LogP contribution in [-0.4, -0.2) is 24.2 Å². The van der Waals surface area contributed by atoms with Crippen molar-refractivity contribution in [3.63, 3.8) is 0 Å². The first-order valence-corrected chi connectivity index (χ1v) is 8.72. The van der Waals surface area contributed by atoms with Crippen LogP contribution in [0.2, 0.25) is 0 Å². The summed E-state index contributed by atoms with van der Waals surface area (Å²) in [4.78, 5) is 13.2. The standard InChI is InChI=1S/C21H25NO2/c1-15(12-20(23)24)6-3-7-16(2)19-13-17-8-4-10-22-11-5-9-18(14-19)21(17)22/h3,6-7,12-14H,4-5,8-11H2,1-2H3,(H,23,24). The molecular weight excluding hydrogens is 298 g/mol. The third-order valence-corrected chi connectivity index (χ3v) is 4.84. The molecule has 126 valence electrons. The molecule has 3 heteroatoms. The summed E-state index contributed by atoms with van der Waals surface area (Å²) in [5, 5.41) is 8.74. The van der Waals surface area contributed by atoms with E-state index in [2.05, 4.69) is 30.0 Å². The molecule has 0 amide bonds. The molecule has 2 aliphatic heterocycles. The van der Waals surface area contributed by atoms with Gasteiger partial charge in [-0.1, -0.05) is 18.2 Å². The minimum Gasteiger partial charge on any atom is -0.478 e. The average Bonchev–Trinajstić information content (AvgIpc) is 2.54. The SMILES string of the molecule is CC(C=CC=C(C)c1cc2c3c(c1)CCCN3CCC2)=CC(=O)O. The van der Waals surface area contributed by atoms with Crippen LogP contribution in [0.4, 0.5) is 5.69 Å². The van der Waals surface area contributed by atoms with Crippen LogP contribution in [0.5, 0.6) is 0 Å². The summed E-state index contributed by atoms with van der Waals surface area (Å²) in [7, 11) is 0. The van der Waals surface area contributed by atoms with Gasteiger partial charge in [0, 0.05) is 24.9 Å². The smallest absolute Gasteiger partial charge is 0.328 e. The van der Waals surface area contributed by atoms with Crippen molar-refractivity contribution in [2.24, 2.45) is 0 Å². The van der Waals surface area contributed by atoms with Crippen LogP contribution in [0.25, 0.3) is 5.57 Å². The molecule has 0 radical (unpaired) electrons. The second kappa shape index (κ2) is 7.08. The predicted octanol–water partition coefficient (Wildman–Crippen LogP) is 4.38. The number of hydrogen-bond donors (Lipinski definition) is 1. The number of allylic oxidation sites excluding steroid dienone is 5. The lowest BCUT2D eigenvalue weighted by Gasteiger charge is -2.37. The van der Waals surface area contributed by atoms with Gasteiger partial charge in [-0.3, -0.25) is 0 Å². The second-order valence-electron chi connectivity index (χ2n) is 6.77. The molecule has 0 atom stereocenters. The van der Waals surface area contributed by atoms with E-state index in [-0.39, 0.29) is 0 Å². The fourth-order valence-electron chi connectivity index (χ4n) is 3.71. The number of anilines is 1. The topological polar surface area (TPSA) is 40.5 Å². The number of aryl methyl sites for hydroxylation is 2. The van der Waals surface area contributed by atoms with E-state index in [0.717, 1.165) is 5.57 Å². The molecule has 2 aliphatic rings. The molecule has 1 aromatic carbocycles. The first-order valence-electron chi connectivity index (χ1n) is 8.72. The fraction of sp³-hybridized carbons (Fsp3) is 0.381. The van der Waals surface area contributed by atoms with Gasteiger partial charge < -0.3 is 10.0 Å². The summed E-state index contributed by atoms with van der Waals surface area (Å²) in [5.41, 5.74) is 7.73. The number of carbonyl (C=O) groups is 1. The summed E-state index contributed by atoms with van der Waals surface area (Å²) in [6, 6.07) is 4.69. The maximum absolute atomic E-state index is 10.6. The Morgan fingerprint density at radius 3 is 2.33 bits per heavy atom. The third-order valence-electron chi connectivity index (χ3n) is 4.84. The minimum atomic E-state index is -0.906. The van der Waals surface area contributed by atoms with Gasteiger partial charge in [0.15, 0.2) is 0 Å². The molecule has 0 saturated carbocycles. The van der Waals surface area contributed by atoms with Crippen molar-refractivity contribution in [1.29, 1.82) is 0 Å². The Balaban J connectivity index is 1.86. The van der Waals surface area contributed by atoms with Crippen molar-refractivity contribution in [1.82, 2.24) is 0 Å². The molecule has 0 saturated heterocycles. The molecule has 3 rings (SSSR count). The van der Waals surface area contributed by atoms with Gasteiger partial charge in [-0.2, -0.15) is 0 Å². The van der Waals surface area contributed by atoms with Crippen molar-refractivity contribution < 1.29 is 9.90 Å². The normalized spacial score (nSPS) is 18.0. The van der Waals surface area contributed by atoms with Gasteiger partial charge in [0.2, 0.25) is 0 Å². The highest BCUT2D eigenvalue weighted by atomic mass is 16.4. The van der Waals surface area contributed by atoms with Crippen LogP contribution in [-0.2, 0) is 17.6 Å². The van der Waals surface area contributed by atoms with E-state index in [0.29, 0.717) is 0 Å². The quantitative estimate of drug-likeness (QED) is 0.660. The highest BCUT2D eigenvalue weighted by Gasteiger charge is 2.24. The van der Waals surface area contributed by atoms with Crippen LogP contribution in [0.1, 0.15) is 43.4 Å². The zero-order valence-electron chi connectivity index (χ0n) is 14.5. The molecule has 24 heavy (non-hydrogen) atoms. The zero-order valence-corrected chi connectivity index (χ0v) is 14.5. The maximum Gasteiger partial charge on any atom is 0.328 e. The zero-order chi connectivity index (χ0) is 17.1. The Bertz CT molecular complexity index is 709. The lowest BCUT2D eigenvalue weighted by atomic mass is 9.88. The number of hydrogen-bond acceptors (Lipinski definition) is 2. The van der Waals surface area contributed by atoms with E-state index >= 15 is 0 Å². The van der Waals surface area contributed by atoms with Crippen LogP contribution in [0, 0.1) is 0 Å². The Morgan fingerprint density at radius 2 is 1.75 bits per heavy atom. The molecule has 0 fully saturated rings. The molecule has 0 spiro atoms. The van der Waals surface area contributed by atoms with Gasteiger partial charge >= 0.3 is 5.97 Å². The van der Waals surface area contributed by atoms with E-state index in [1.807, 2.05) is 12.2 Å². The van der Waals surface area contributed by atoms with Gasteiger partial charge in [-0.15, -0.1) is 0 Å². The lowest BCUT2D eigenvalue weighted by Crippen LogP contribution is -2.34. The Labute approximate surface area is 144 Å². The first kappa shape index (κ1) is 16.6. The summed E-state index contributed by atoms with van der Waals surface area (Å²) in [6.07, 6.45) is 11.9. The predicted molar refractivity (Wildman–Crippen MR) is 99.5 cm³/mol. The molecule has 3 nitrogen and oxygen atoms in total. The van der Waals surface area contributed by atoms with E-state index in [4.69, 9.17) is 5.11 Å². The van der Waals surface area contributed by atoms with Gasteiger partial charge in [-0.25, -0.2) is 4.79 Å². The first-order chi connectivity index (χ1) is 11.5. The van der Waals surface area contributed by atoms with Crippen molar-refractivity contribution in [2.75, 3.05) is 18.0 Å². The second-order valence-corrected chi connectivity index (χ2v) is 6.77. The van der Waals surface area contributed by atoms with E-state index in [1.165, 1.54) is 72.8 Å². The van der Waals surface area contributed by atoms with Gasteiger partial charge in [0.25, 0.3) is 0 Å². The Kier molecular flexibility index (Phi) is 4.89. The number of carboxylic acid groups (broad SMARTS) is 1. The highest BCUT2D eigenvalue weighted by molar-refractivity contribution is 5.81. The number of benzene rings is 1. The molecule has 0 aromatic heterocycles. The molecule has 0 bridgehead atoms. The Hall–Kier alpha value is -2.29. The molecular formula is C21H25NO2. The summed E-state index contributed by atoms with van der Waals surface area (Å²) >= 11 is 0. The third kappa shape index (κ3) is 3.61. The Morgan fingerprint density at radius 1 is 1.12 bits per heavy atom. The minimum absolute atomic E-state index is 0.739. The molecule has 2 heterocycles. The van der Waals surface area contributed by atoms with E-state index in [9.17, 15) is 4.79 Å². The number of rotatable bonds is 4. The van der Waals surface area contributed by atoms with Gasteiger partial charge in [0.05, 0.1) is 0 Å². The van der Waals surface area contributed by atoms with Crippen LogP contribution >= 0.6 is 0 Å². The van der Waals surface area contributed by atoms with Crippen molar-refractivity contribution in [3.05, 3.63) is 58.7 Å². The number of carboxylic acids is 1. The molecule has 1 N–H and O–H groups in total. The fourth-order valence-corrected chi connectivity index (χ4v) is 3.71. The summed E-state index contributed by atoms with van der Waals surface area (Å²) in [6.45, 7) is 6.32. The largest absolute Gasteiger partial charge is 0.478 e.